The maximum atomic E-state index is 10.8. The molecule has 3 rings (SSSR count). The minimum Gasteiger partial charge on any atom is -0.465 e. The molecule has 1 saturated carbocycles. The zero-order chi connectivity index (χ0) is 23.3. The fourth-order valence-electron chi connectivity index (χ4n) is 3.41. The van der Waals surface area contributed by atoms with Gasteiger partial charge in [0.2, 0.25) is 5.95 Å². The Balaban J connectivity index is 1.80. The van der Waals surface area contributed by atoms with Crippen LogP contribution in [0.2, 0.25) is 25.7 Å². The minimum atomic E-state index is -1.17. The molecule has 2 heterocycles. The number of aromatic nitrogens is 4. The van der Waals surface area contributed by atoms with Gasteiger partial charge in [0, 0.05) is 39.4 Å². The molecule has 1 aliphatic rings. The highest BCUT2D eigenvalue weighted by Gasteiger charge is 2.28. The Morgan fingerprint density at radius 2 is 2.12 bits per heavy atom. The first-order chi connectivity index (χ1) is 15.1. The number of carboxylic acid groups (broad SMARTS) is 1. The lowest BCUT2D eigenvalue weighted by molar-refractivity contribution is 0.0841. The summed E-state index contributed by atoms with van der Waals surface area (Å²) in [5, 5.41) is 14.4. The number of hydrogen-bond acceptors (Lipinski definition) is 6. The number of rotatable bonds is 11. The molecule has 1 atom stereocenters. The largest absolute Gasteiger partial charge is 0.465 e. The predicted octanol–water partition coefficient (Wildman–Crippen LogP) is 4.75. The summed E-state index contributed by atoms with van der Waals surface area (Å²) >= 11 is 3.64. The van der Waals surface area contributed by atoms with Gasteiger partial charge in [0.15, 0.2) is 0 Å². The Morgan fingerprint density at radius 3 is 2.75 bits per heavy atom. The number of imidazole rings is 1. The molecular weight excluding hydrogens is 492 g/mol. The molecule has 2 aromatic heterocycles. The van der Waals surface area contributed by atoms with Crippen molar-refractivity contribution in [1.29, 1.82) is 0 Å². The topological polar surface area (TPSA) is 114 Å². The van der Waals surface area contributed by atoms with Crippen LogP contribution in [0.3, 0.4) is 0 Å². The van der Waals surface area contributed by atoms with E-state index in [1.807, 2.05) is 6.07 Å². The molecule has 0 radical (unpaired) electrons. The molecule has 0 saturated heterocycles. The summed E-state index contributed by atoms with van der Waals surface area (Å²) in [6.45, 7) is 10.4. The Labute approximate surface area is 198 Å². The number of halogens is 1. The van der Waals surface area contributed by atoms with Crippen molar-refractivity contribution in [3.05, 3.63) is 22.7 Å². The lowest BCUT2D eigenvalue weighted by Gasteiger charge is -2.26. The summed E-state index contributed by atoms with van der Waals surface area (Å²) in [5.41, 5.74) is 1.61. The molecule has 0 spiro atoms. The van der Waals surface area contributed by atoms with Crippen LogP contribution in [-0.2, 0) is 11.5 Å². The van der Waals surface area contributed by atoms with Gasteiger partial charge in [-0.15, -0.1) is 0 Å². The molecule has 1 aliphatic carbocycles. The highest BCUT2D eigenvalue weighted by Crippen LogP contribution is 2.39. The smallest absolute Gasteiger partial charge is 0.404 e. The SMILES string of the molecule is CC(CNc1nccc(-c2c(Br)nc(C3CCC3)n2COCC[Si](C)(C)C)n1)NC(=O)O. The fraction of sp³-hybridized carbons (Fsp3) is 0.619. The highest BCUT2D eigenvalue weighted by molar-refractivity contribution is 9.10. The third-order valence-electron chi connectivity index (χ3n) is 5.48. The maximum Gasteiger partial charge on any atom is 0.404 e. The van der Waals surface area contributed by atoms with Gasteiger partial charge in [-0.05, 0) is 47.8 Å². The minimum absolute atomic E-state index is 0.276. The van der Waals surface area contributed by atoms with Crippen LogP contribution in [0, 0.1) is 0 Å². The van der Waals surface area contributed by atoms with E-state index < -0.39 is 14.2 Å². The van der Waals surface area contributed by atoms with Crippen molar-refractivity contribution in [3.8, 4) is 11.4 Å². The fourth-order valence-corrected chi connectivity index (χ4v) is 4.76. The van der Waals surface area contributed by atoms with E-state index in [1.54, 1.807) is 13.1 Å². The third-order valence-corrected chi connectivity index (χ3v) is 7.73. The van der Waals surface area contributed by atoms with E-state index >= 15 is 0 Å². The van der Waals surface area contributed by atoms with Crippen molar-refractivity contribution < 1.29 is 14.6 Å². The molecule has 9 nitrogen and oxygen atoms in total. The average molecular weight is 526 g/mol. The Morgan fingerprint density at radius 1 is 1.38 bits per heavy atom. The standard InChI is InChI=1S/C21H33BrN6O3Si/c1-14(25-21(29)30)12-24-20-23-9-8-16(26-20)17-18(22)27-19(15-6-5-7-15)28(17)13-31-10-11-32(2,3)4/h8-9,14-15,25H,5-7,10-13H2,1-4H3,(H,29,30)(H,23,24,26). The van der Waals surface area contributed by atoms with Gasteiger partial charge in [-0.1, -0.05) is 26.1 Å². The summed E-state index contributed by atoms with van der Waals surface area (Å²) in [5.74, 6) is 1.92. The molecule has 0 aliphatic heterocycles. The summed E-state index contributed by atoms with van der Waals surface area (Å²) in [6, 6.07) is 2.69. The van der Waals surface area contributed by atoms with Gasteiger partial charge in [0.25, 0.3) is 0 Å². The molecule has 32 heavy (non-hydrogen) atoms. The molecule has 0 bridgehead atoms. The molecule has 0 aromatic carbocycles. The zero-order valence-electron chi connectivity index (χ0n) is 19.2. The van der Waals surface area contributed by atoms with E-state index in [4.69, 9.17) is 14.8 Å². The molecule has 11 heteroatoms. The van der Waals surface area contributed by atoms with Crippen LogP contribution in [0.15, 0.2) is 16.9 Å². The number of nitrogens with zero attached hydrogens (tertiary/aromatic N) is 4. The van der Waals surface area contributed by atoms with E-state index in [1.165, 1.54) is 6.42 Å². The number of nitrogens with one attached hydrogen (secondary N) is 2. The second-order valence-electron chi connectivity index (χ2n) is 9.51. The quantitative estimate of drug-likeness (QED) is 0.287. The number of hydrogen-bond donors (Lipinski definition) is 3. The van der Waals surface area contributed by atoms with E-state index in [2.05, 4.69) is 60.7 Å². The maximum absolute atomic E-state index is 10.8. The molecule has 2 aromatic rings. The van der Waals surface area contributed by atoms with E-state index in [0.29, 0.717) is 25.1 Å². The van der Waals surface area contributed by atoms with Crippen LogP contribution in [-0.4, -0.2) is 58.0 Å². The predicted molar refractivity (Wildman–Crippen MR) is 131 cm³/mol. The molecule has 1 fully saturated rings. The second kappa shape index (κ2) is 10.8. The Bertz CT molecular complexity index is 929. The highest BCUT2D eigenvalue weighted by atomic mass is 79.9. The lowest BCUT2D eigenvalue weighted by Crippen LogP contribution is -2.36. The summed E-state index contributed by atoms with van der Waals surface area (Å²) in [7, 11) is -1.17. The van der Waals surface area contributed by atoms with Crippen LogP contribution in [0.25, 0.3) is 11.4 Å². The van der Waals surface area contributed by atoms with Crippen molar-refractivity contribution in [2.75, 3.05) is 18.5 Å². The van der Waals surface area contributed by atoms with E-state index in [9.17, 15) is 4.79 Å². The summed E-state index contributed by atoms with van der Waals surface area (Å²) in [4.78, 5) is 24.6. The summed E-state index contributed by atoms with van der Waals surface area (Å²) < 4.78 is 8.98. The number of amides is 1. The van der Waals surface area contributed by atoms with Crippen molar-refractivity contribution in [2.45, 2.75) is 70.6 Å². The first-order valence-corrected chi connectivity index (χ1v) is 15.5. The van der Waals surface area contributed by atoms with Crippen LogP contribution >= 0.6 is 15.9 Å². The van der Waals surface area contributed by atoms with Crippen LogP contribution < -0.4 is 10.6 Å². The van der Waals surface area contributed by atoms with E-state index in [-0.39, 0.29) is 6.04 Å². The zero-order valence-corrected chi connectivity index (χ0v) is 21.8. The lowest BCUT2D eigenvalue weighted by atomic mass is 9.85. The van der Waals surface area contributed by atoms with Gasteiger partial charge >= 0.3 is 6.09 Å². The molecule has 1 unspecified atom stereocenters. The Hall–Kier alpha value is -1.98. The number of anilines is 1. The molecule has 1 amide bonds. The van der Waals surface area contributed by atoms with Gasteiger partial charge in [0.1, 0.15) is 22.9 Å². The average Bonchev–Trinajstić information content (AvgIpc) is 2.97. The van der Waals surface area contributed by atoms with Crippen molar-refractivity contribution in [3.63, 3.8) is 0 Å². The van der Waals surface area contributed by atoms with Gasteiger partial charge in [-0.2, -0.15) is 0 Å². The monoisotopic (exact) mass is 524 g/mol. The van der Waals surface area contributed by atoms with Crippen LogP contribution in [0.4, 0.5) is 10.7 Å². The third kappa shape index (κ3) is 6.76. The number of ether oxygens (including phenoxy) is 1. The van der Waals surface area contributed by atoms with Crippen molar-refractivity contribution >= 4 is 36.0 Å². The Kier molecular flexibility index (Phi) is 8.29. The molecular formula is C21H33BrN6O3Si. The first kappa shape index (κ1) is 24.7. The normalized spacial score (nSPS) is 15.3. The van der Waals surface area contributed by atoms with Gasteiger partial charge in [-0.3, -0.25) is 0 Å². The second-order valence-corrected chi connectivity index (χ2v) is 15.9. The van der Waals surface area contributed by atoms with Crippen molar-refractivity contribution in [1.82, 2.24) is 24.8 Å². The van der Waals surface area contributed by atoms with Gasteiger partial charge < -0.3 is 25.0 Å². The van der Waals surface area contributed by atoms with Crippen molar-refractivity contribution in [2.24, 2.45) is 0 Å². The van der Waals surface area contributed by atoms with Gasteiger partial charge in [-0.25, -0.2) is 19.7 Å². The van der Waals surface area contributed by atoms with Crippen LogP contribution in [0.1, 0.15) is 37.9 Å². The first-order valence-electron chi connectivity index (χ1n) is 11.0. The van der Waals surface area contributed by atoms with E-state index in [0.717, 1.165) is 47.3 Å². The number of carbonyl (C=O) groups is 1. The van der Waals surface area contributed by atoms with Crippen LogP contribution in [0.5, 0.6) is 0 Å². The molecule has 3 N–H and O–H groups in total. The molecule has 176 valence electrons. The summed E-state index contributed by atoms with van der Waals surface area (Å²) in [6.07, 6.45) is 4.15. The van der Waals surface area contributed by atoms with Gasteiger partial charge in [0.05, 0.1) is 5.69 Å².